The van der Waals surface area contributed by atoms with Crippen LogP contribution < -0.4 is 5.32 Å². The molecular weight excluding hydrogens is 360 g/mol. The molecule has 2 aromatic heterocycles. The molecule has 0 bridgehead atoms. The smallest absolute Gasteiger partial charge is 0.264 e. The fourth-order valence-electron chi connectivity index (χ4n) is 3.65. The average Bonchev–Trinajstić information content (AvgIpc) is 3.09. The van der Waals surface area contributed by atoms with Crippen LogP contribution in [0.5, 0.6) is 0 Å². The van der Waals surface area contributed by atoms with E-state index in [0.717, 1.165) is 54.1 Å². The first kappa shape index (κ1) is 16.5. The number of aromatic nitrogens is 2. The van der Waals surface area contributed by atoms with Gasteiger partial charge in [0.2, 0.25) is 5.91 Å². The summed E-state index contributed by atoms with van der Waals surface area (Å²) in [6.07, 6.45) is 3.80. The lowest BCUT2D eigenvalue weighted by atomic mass is 10.2. The van der Waals surface area contributed by atoms with E-state index in [4.69, 9.17) is 0 Å². The molecule has 138 valence electrons. The van der Waals surface area contributed by atoms with Gasteiger partial charge in [0, 0.05) is 12.5 Å². The molecule has 2 fully saturated rings. The third-order valence-corrected chi connectivity index (χ3v) is 6.24. The summed E-state index contributed by atoms with van der Waals surface area (Å²) in [5.74, 6) is 1.08. The highest BCUT2D eigenvalue weighted by Gasteiger charge is 2.34. The summed E-state index contributed by atoms with van der Waals surface area (Å²) in [5, 5.41) is 3.67. The van der Waals surface area contributed by atoms with Crippen LogP contribution in [0.4, 0.5) is 5.00 Å². The number of H-pyrrole nitrogens is 1. The molecule has 6 nitrogen and oxygen atoms in total. The predicted octanol–water partition coefficient (Wildman–Crippen LogP) is 3.95. The second-order valence-corrected chi connectivity index (χ2v) is 8.31. The van der Waals surface area contributed by atoms with E-state index in [2.05, 4.69) is 15.3 Å². The Morgan fingerprint density at radius 3 is 2.81 bits per heavy atom. The van der Waals surface area contributed by atoms with Gasteiger partial charge in [-0.3, -0.25) is 9.59 Å². The van der Waals surface area contributed by atoms with Gasteiger partial charge >= 0.3 is 0 Å². The highest BCUT2D eigenvalue weighted by Crippen LogP contribution is 2.35. The molecule has 2 amide bonds. The monoisotopic (exact) mass is 380 g/mol. The molecule has 5 rings (SSSR count). The topological polar surface area (TPSA) is 78.1 Å². The largest absolute Gasteiger partial charge is 0.340 e. The maximum absolute atomic E-state index is 13.1. The van der Waals surface area contributed by atoms with Gasteiger partial charge in [-0.05, 0) is 49.9 Å². The van der Waals surface area contributed by atoms with E-state index in [1.807, 2.05) is 41.3 Å². The second kappa shape index (κ2) is 6.49. The van der Waals surface area contributed by atoms with E-state index >= 15 is 0 Å². The zero-order chi connectivity index (χ0) is 18.4. The molecule has 1 saturated heterocycles. The minimum absolute atomic E-state index is 0.00915. The third-order valence-electron chi connectivity index (χ3n) is 5.25. The Morgan fingerprint density at radius 2 is 2.00 bits per heavy atom. The van der Waals surface area contributed by atoms with Gasteiger partial charge in [0.05, 0.1) is 27.0 Å². The van der Waals surface area contributed by atoms with Crippen LogP contribution in [-0.2, 0) is 4.79 Å². The van der Waals surface area contributed by atoms with Crippen LogP contribution in [0.25, 0.3) is 11.0 Å². The van der Waals surface area contributed by atoms with Gasteiger partial charge < -0.3 is 15.2 Å². The molecule has 0 radical (unpaired) electrons. The van der Waals surface area contributed by atoms with Crippen LogP contribution in [-0.4, -0.2) is 33.2 Å². The third kappa shape index (κ3) is 3.12. The lowest BCUT2D eigenvalue weighted by Gasteiger charge is -2.22. The lowest BCUT2D eigenvalue weighted by molar-refractivity contribution is -0.117. The number of carbonyl (C=O) groups is 2. The molecule has 0 unspecified atom stereocenters. The van der Waals surface area contributed by atoms with Crippen molar-refractivity contribution in [3.05, 3.63) is 47.1 Å². The Balaban J connectivity index is 1.35. The van der Waals surface area contributed by atoms with Crippen LogP contribution in [0.15, 0.2) is 36.4 Å². The summed E-state index contributed by atoms with van der Waals surface area (Å²) in [4.78, 5) is 35.6. The first-order valence-corrected chi connectivity index (χ1v) is 10.2. The summed E-state index contributed by atoms with van der Waals surface area (Å²) in [7, 11) is 0. The maximum Gasteiger partial charge on any atom is 0.264 e. The van der Waals surface area contributed by atoms with Crippen molar-refractivity contribution < 1.29 is 9.59 Å². The maximum atomic E-state index is 13.1. The zero-order valence-electron chi connectivity index (χ0n) is 14.8. The number of nitrogens with one attached hydrogen (secondary N) is 2. The van der Waals surface area contributed by atoms with E-state index in [1.54, 1.807) is 0 Å². The number of carbonyl (C=O) groups excluding carboxylic acids is 2. The summed E-state index contributed by atoms with van der Waals surface area (Å²) in [5.41, 5.74) is 1.92. The molecule has 1 aliphatic carbocycles. The Bertz CT molecular complexity index is 987. The summed E-state index contributed by atoms with van der Waals surface area (Å²) in [6, 6.07) is 11.5. The molecule has 2 aliphatic rings. The molecule has 7 heteroatoms. The highest BCUT2D eigenvalue weighted by molar-refractivity contribution is 7.18. The molecule has 1 atom stereocenters. The number of likely N-dealkylation sites (tertiary alicyclic amines) is 1. The standard InChI is InChI=1S/C20H20N4O2S/c25-19(12-7-8-12)23-17-10-9-16(27-17)20(26)24-11-3-6-15(24)18-21-13-4-1-2-5-14(13)22-18/h1-2,4-5,9-10,12,15H,3,6-8,11H2,(H,21,22)(H,23,25)/t15-/m0/s1. The van der Waals surface area contributed by atoms with Crippen molar-refractivity contribution in [2.24, 2.45) is 5.92 Å². The van der Waals surface area contributed by atoms with Gasteiger partial charge in [0.15, 0.2) is 0 Å². The number of hydrogen-bond acceptors (Lipinski definition) is 4. The first-order chi connectivity index (χ1) is 13.2. The van der Waals surface area contributed by atoms with Crippen molar-refractivity contribution in [3.63, 3.8) is 0 Å². The zero-order valence-corrected chi connectivity index (χ0v) is 15.6. The van der Waals surface area contributed by atoms with E-state index in [1.165, 1.54) is 11.3 Å². The number of hydrogen-bond donors (Lipinski definition) is 2. The van der Waals surface area contributed by atoms with Crippen LogP contribution in [0.2, 0.25) is 0 Å². The molecule has 0 spiro atoms. The molecule has 1 aliphatic heterocycles. The van der Waals surface area contributed by atoms with Crippen molar-refractivity contribution >= 4 is 39.2 Å². The number of imidazole rings is 1. The quantitative estimate of drug-likeness (QED) is 0.719. The van der Waals surface area contributed by atoms with Crippen LogP contribution in [0.3, 0.4) is 0 Å². The van der Waals surface area contributed by atoms with Crippen molar-refractivity contribution in [1.82, 2.24) is 14.9 Å². The summed E-state index contributed by atoms with van der Waals surface area (Å²) in [6.45, 7) is 0.724. The average molecular weight is 380 g/mol. The van der Waals surface area contributed by atoms with Crippen LogP contribution in [0.1, 0.15) is 47.2 Å². The van der Waals surface area contributed by atoms with Crippen molar-refractivity contribution in [3.8, 4) is 0 Å². The fraction of sp³-hybridized carbons (Fsp3) is 0.350. The number of nitrogens with zero attached hydrogens (tertiary/aromatic N) is 2. The van der Waals surface area contributed by atoms with E-state index in [-0.39, 0.29) is 23.8 Å². The fourth-order valence-corrected chi connectivity index (χ4v) is 4.52. The molecule has 3 heterocycles. The Kier molecular flexibility index (Phi) is 3.97. The minimum atomic E-state index is -0.0310. The van der Waals surface area contributed by atoms with E-state index in [0.29, 0.717) is 4.88 Å². The predicted molar refractivity (Wildman–Crippen MR) is 105 cm³/mol. The normalized spacial score (nSPS) is 19.6. The Morgan fingerprint density at radius 1 is 1.15 bits per heavy atom. The molecular formula is C20H20N4O2S. The lowest BCUT2D eigenvalue weighted by Crippen LogP contribution is -2.30. The molecule has 3 aromatic rings. The second-order valence-electron chi connectivity index (χ2n) is 7.22. The van der Waals surface area contributed by atoms with Gasteiger partial charge in [-0.25, -0.2) is 4.98 Å². The molecule has 1 saturated carbocycles. The first-order valence-electron chi connectivity index (χ1n) is 9.35. The summed E-state index contributed by atoms with van der Waals surface area (Å²) < 4.78 is 0. The van der Waals surface area contributed by atoms with Gasteiger partial charge in [0.1, 0.15) is 5.82 Å². The van der Waals surface area contributed by atoms with E-state index in [9.17, 15) is 9.59 Å². The molecule has 2 N–H and O–H groups in total. The van der Waals surface area contributed by atoms with Gasteiger partial charge in [0.25, 0.3) is 5.91 Å². The van der Waals surface area contributed by atoms with Crippen molar-refractivity contribution in [1.29, 1.82) is 0 Å². The summed E-state index contributed by atoms with van der Waals surface area (Å²) >= 11 is 1.35. The Hall–Kier alpha value is -2.67. The van der Waals surface area contributed by atoms with Gasteiger partial charge in [-0.1, -0.05) is 12.1 Å². The number of amides is 2. The number of benzene rings is 1. The highest BCUT2D eigenvalue weighted by atomic mass is 32.1. The number of thiophene rings is 1. The van der Waals surface area contributed by atoms with Crippen molar-refractivity contribution in [2.45, 2.75) is 31.7 Å². The molecule has 1 aromatic carbocycles. The molecule has 27 heavy (non-hydrogen) atoms. The van der Waals surface area contributed by atoms with Crippen LogP contribution in [0, 0.1) is 5.92 Å². The Labute approximate surface area is 160 Å². The number of rotatable bonds is 4. The van der Waals surface area contributed by atoms with E-state index < -0.39 is 0 Å². The van der Waals surface area contributed by atoms with Gasteiger partial charge in [-0.15, -0.1) is 11.3 Å². The minimum Gasteiger partial charge on any atom is -0.340 e. The number of anilines is 1. The van der Waals surface area contributed by atoms with Crippen LogP contribution >= 0.6 is 11.3 Å². The van der Waals surface area contributed by atoms with Gasteiger partial charge in [-0.2, -0.15) is 0 Å². The SMILES string of the molecule is O=C(Nc1ccc(C(=O)N2CCC[C@H]2c2nc3ccccc3[nH]2)s1)C1CC1. The number of para-hydroxylation sites is 2. The van der Waals surface area contributed by atoms with Crippen molar-refractivity contribution in [2.75, 3.05) is 11.9 Å². The number of aromatic amines is 1. The number of fused-ring (bicyclic) bond motifs is 1.